The van der Waals surface area contributed by atoms with Crippen LogP contribution in [0.25, 0.3) is 0 Å². The lowest BCUT2D eigenvalue weighted by Gasteiger charge is -2.25. The van der Waals surface area contributed by atoms with E-state index in [2.05, 4.69) is 0 Å². The van der Waals surface area contributed by atoms with Crippen molar-refractivity contribution >= 4 is 5.97 Å². The highest BCUT2D eigenvalue weighted by Crippen LogP contribution is 2.20. The first-order valence-electron chi connectivity index (χ1n) is 6.73. The van der Waals surface area contributed by atoms with Gasteiger partial charge in [0.25, 0.3) is 0 Å². The zero-order chi connectivity index (χ0) is 13.5. The Hall–Kier alpha value is -1.39. The highest BCUT2D eigenvalue weighted by atomic mass is 16.6. The lowest BCUT2D eigenvalue weighted by Crippen LogP contribution is -2.26. The molecule has 1 aromatic rings. The zero-order valence-corrected chi connectivity index (χ0v) is 11.0. The van der Waals surface area contributed by atoms with Crippen LogP contribution in [0.1, 0.15) is 31.2 Å². The summed E-state index contributed by atoms with van der Waals surface area (Å²) < 4.78 is 10.6. The van der Waals surface area contributed by atoms with E-state index in [0.29, 0.717) is 0 Å². The minimum absolute atomic E-state index is 0.00635. The van der Waals surface area contributed by atoms with Gasteiger partial charge in [-0.05, 0) is 31.2 Å². The molecule has 4 nitrogen and oxygen atoms in total. The summed E-state index contributed by atoms with van der Waals surface area (Å²) in [6.07, 6.45) is 3.01. The topological polar surface area (TPSA) is 55.8 Å². The summed E-state index contributed by atoms with van der Waals surface area (Å²) in [5, 5.41) is 9.37. The van der Waals surface area contributed by atoms with E-state index in [1.165, 1.54) is 0 Å². The molecule has 0 saturated heterocycles. The van der Waals surface area contributed by atoms with Crippen LogP contribution in [-0.2, 0) is 20.9 Å². The van der Waals surface area contributed by atoms with Gasteiger partial charge in [0, 0.05) is 0 Å². The molecule has 104 valence electrons. The van der Waals surface area contributed by atoms with Crippen LogP contribution in [0, 0.1) is 0 Å². The Morgan fingerprint density at radius 1 is 1.16 bits per heavy atom. The van der Waals surface area contributed by atoms with Gasteiger partial charge in [0.1, 0.15) is 13.2 Å². The van der Waals surface area contributed by atoms with Crippen molar-refractivity contribution in [2.45, 2.75) is 44.5 Å². The Balaban J connectivity index is 1.62. The smallest absolute Gasteiger partial charge is 0.332 e. The molecule has 0 atom stereocenters. The fourth-order valence-corrected chi connectivity index (χ4v) is 2.18. The highest BCUT2D eigenvalue weighted by Gasteiger charge is 2.20. The Morgan fingerprint density at radius 3 is 2.53 bits per heavy atom. The monoisotopic (exact) mass is 264 g/mol. The number of rotatable bonds is 5. The average Bonchev–Trinajstić information content (AvgIpc) is 2.45. The first-order chi connectivity index (χ1) is 9.24. The van der Waals surface area contributed by atoms with E-state index in [1.807, 2.05) is 30.3 Å². The molecule has 0 unspecified atom stereocenters. The van der Waals surface area contributed by atoms with Gasteiger partial charge in [0.05, 0.1) is 12.2 Å². The van der Waals surface area contributed by atoms with Gasteiger partial charge in [-0.25, -0.2) is 4.79 Å². The summed E-state index contributed by atoms with van der Waals surface area (Å²) in [4.78, 5) is 11.5. The molecule has 4 heteroatoms. The molecular formula is C15H20O4. The Bertz CT molecular complexity index is 382. The van der Waals surface area contributed by atoms with Gasteiger partial charge in [-0.1, -0.05) is 30.3 Å². The largest absolute Gasteiger partial charge is 0.459 e. The molecule has 0 heterocycles. The van der Waals surface area contributed by atoms with Crippen LogP contribution in [0.4, 0.5) is 0 Å². The third kappa shape index (κ3) is 5.01. The minimum Gasteiger partial charge on any atom is -0.459 e. The van der Waals surface area contributed by atoms with Crippen LogP contribution in [0.3, 0.4) is 0 Å². The van der Waals surface area contributed by atoms with Crippen molar-refractivity contribution in [3.05, 3.63) is 35.9 Å². The van der Waals surface area contributed by atoms with E-state index >= 15 is 0 Å². The lowest BCUT2D eigenvalue weighted by atomic mass is 9.95. The maximum Gasteiger partial charge on any atom is 0.332 e. The molecule has 1 N–H and O–H groups in total. The molecule has 1 aromatic carbocycles. The van der Waals surface area contributed by atoms with Gasteiger partial charge >= 0.3 is 5.97 Å². The van der Waals surface area contributed by atoms with Crippen molar-refractivity contribution in [2.75, 3.05) is 6.61 Å². The summed E-state index contributed by atoms with van der Waals surface area (Å²) >= 11 is 0. The lowest BCUT2D eigenvalue weighted by molar-refractivity contribution is -0.153. The zero-order valence-electron chi connectivity index (χ0n) is 11.0. The van der Waals surface area contributed by atoms with Gasteiger partial charge in [0.2, 0.25) is 0 Å². The van der Waals surface area contributed by atoms with Crippen LogP contribution in [0.2, 0.25) is 0 Å². The van der Waals surface area contributed by atoms with Crippen LogP contribution >= 0.6 is 0 Å². The van der Waals surface area contributed by atoms with Crippen LogP contribution in [-0.4, -0.2) is 29.9 Å². The van der Waals surface area contributed by atoms with E-state index in [1.54, 1.807) is 0 Å². The highest BCUT2D eigenvalue weighted by molar-refractivity contribution is 5.70. The molecule has 1 saturated carbocycles. The van der Waals surface area contributed by atoms with Crippen LogP contribution < -0.4 is 0 Å². The Labute approximate surface area is 113 Å². The minimum atomic E-state index is -0.338. The fraction of sp³-hybridized carbons (Fsp3) is 0.533. The van der Waals surface area contributed by atoms with Crippen molar-refractivity contribution in [1.29, 1.82) is 0 Å². The van der Waals surface area contributed by atoms with E-state index in [4.69, 9.17) is 9.47 Å². The molecule has 1 aliphatic rings. The van der Waals surface area contributed by atoms with Crippen LogP contribution in [0.5, 0.6) is 0 Å². The average molecular weight is 264 g/mol. The molecule has 19 heavy (non-hydrogen) atoms. The predicted molar refractivity (Wildman–Crippen MR) is 70.5 cm³/mol. The third-order valence-corrected chi connectivity index (χ3v) is 3.32. The third-order valence-electron chi connectivity index (χ3n) is 3.32. The second kappa shape index (κ2) is 7.26. The number of hydrogen-bond acceptors (Lipinski definition) is 4. The van der Waals surface area contributed by atoms with E-state index in [-0.39, 0.29) is 31.4 Å². The number of esters is 1. The summed E-state index contributed by atoms with van der Waals surface area (Å²) in [5.74, 6) is -0.338. The molecule has 0 radical (unpaired) electrons. The van der Waals surface area contributed by atoms with E-state index in [9.17, 15) is 9.90 Å². The fourth-order valence-electron chi connectivity index (χ4n) is 2.18. The molecule has 1 fully saturated rings. The van der Waals surface area contributed by atoms with E-state index < -0.39 is 0 Å². The van der Waals surface area contributed by atoms with Gasteiger partial charge < -0.3 is 14.6 Å². The van der Waals surface area contributed by atoms with Gasteiger partial charge in [0.15, 0.2) is 0 Å². The van der Waals surface area contributed by atoms with Gasteiger partial charge in [-0.2, -0.15) is 0 Å². The summed E-state index contributed by atoms with van der Waals surface area (Å²) in [6, 6.07) is 9.57. The van der Waals surface area contributed by atoms with E-state index in [0.717, 1.165) is 31.2 Å². The molecule has 0 aromatic heterocycles. The number of hydrogen-bond donors (Lipinski definition) is 1. The molecule has 0 spiro atoms. The van der Waals surface area contributed by atoms with Crippen molar-refractivity contribution in [1.82, 2.24) is 0 Å². The normalized spacial score (nSPS) is 23.0. The SMILES string of the molecule is O=C(COC1CCC(O)CC1)OCc1ccccc1. The maximum absolute atomic E-state index is 11.5. The predicted octanol–water partition coefficient (Wildman–Crippen LogP) is 2.05. The molecule has 0 amide bonds. The van der Waals surface area contributed by atoms with Gasteiger partial charge in [-0.15, -0.1) is 0 Å². The second-order valence-corrected chi connectivity index (χ2v) is 4.89. The molecular weight excluding hydrogens is 244 g/mol. The standard InChI is InChI=1S/C15H20O4/c16-13-6-8-14(9-7-13)18-11-15(17)19-10-12-4-2-1-3-5-12/h1-5,13-14,16H,6-11H2. The number of ether oxygens (including phenoxy) is 2. The van der Waals surface area contributed by atoms with Crippen LogP contribution in [0.15, 0.2) is 30.3 Å². The number of carbonyl (C=O) groups is 1. The van der Waals surface area contributed by atoms with Crippen molar-refractivity contribution in [3.63, 3.8) is 0 Å². The molecule has 1 aliphatic carbocycles. The first kappa shape index (κ1) is 14.0. The first-order valence-corrected chi connectivity index (χ1v) is 6.73. The maximum atomic E-state index is 11.5. The number of carbonyl (C=O) groups excluding carboxylic acids is 1. The molecule has 0 bridgehead atoms. The Morgan fingerprint density at radius 2 is 1.84 bits per heavy atom. The summed E-state index contributed by atoms with van der Waals surface area (Å²) in [7, 11) is 0. The number of benzene rings is 1. The van der Waals surface area contributed by atoms with Crippen molar-refractivity contribution < 1.29 is 19.4 Å². The molecule has 0 aliphatic heterocycles. The second-order valence-electron chi connectivity index (χ2n) is 4.89. The van der Waals surface area contributed by atoms with Gasteiger partial charge in [-0.3, -0.25) is 0 Å². The summed E-state index contributed by atoms with van der Waals surface area (Å²) in [5.41, 5.74) is 0.969. The summed E-state index contributed by atoms with van der Waals surface area (Å²) in [6.45, 7) is 0.278. The Kier molecular flexibility index (Phi) is 5.36. The number of aliphatic hydroxyl groups excluding tert-OH is 1. The number of aliphatic hydroxyl groups is 1. The quantitative estimate of drug-likeness (QED) is 0.827. The van der Waals surface area contributed by atoms with Crippen molar-refractivity contribution in [3.8, 4) is 0 Å². The molecule has 2 rings (SSSR count). The van der Waals surface area contributed by atoms with Crippen molar-refractivity contribution in [2.24, 2.45) is 0 Å².